The van der Waals surface area contributed by atoms with E-state index in [2.05, 4.69) is 0 Å². The second kappa shape index (κ2) is 4.19. The van der Waals surface area contributed by atoms with Crippen LogP contribution in [0, 0.1) is 20.2 Å². The molecule has 0 radical (unpaired) electrons. The zero-order valence-electron chi connectivity index (χ0n) is 9.81. The summed E-state index contributed by atoms with van der Waals surface area (Å²) in [5.74, 6) is 0.468. The normalized spacial score (nSPS) is 11.6. The smallest absolute Gasteiger partial charge is 0.315 e. The third kappa shape index (κ3) is 1.79. The summed E-state index contributed by atoms with van der Waals surface area (Å²) in [4.78, 5) is 20.5. The number of nitro groups is 2. The first-order valence-electron chi connectivity index (χ1n) is 5.48. The molecule has 0 atom stereocenters. The van der Waals surface area contributed by atoms with Gasteiger partial charge >= 0.3 is 5.69 Å². The molecule has 8 nitrogen and oxygen atoms in total. The predicted octanol–water partition coefficient (Wildman–Crippen LogP) is 3.40. The van der Waals surface area contributed by atoms with Crippen LogP contribution in [-0.4, -0.2) is 9.85 Å². The van der Waals surface area contributed by atoms with Crippen molar-refractivity contribution >= 4 is 11.4 Å². The Morgan fingerprint density at radius 1 is 0.850 bits per heavy atom. The fourth-order valence-corrected chi connectivity index (χ4v) is 1.83. The topological polar surface area (TPSA) is 105 Å². The molecule has 20 heavy (non-hydrogen) atoms. The lowest BCUT2D eigenvalue weighted by molar-refractivity contribution is -0.385. The lowest BCUT2D eigenvalue weighted by Crippen LogP contribution is -2.02. The number of rotatable bonds is 2. The molecule has 100 valence electrons. The lowest BCUT2D eigenvalue weighted by atomic mass is 10.2. The van der Waals surface area contributed by atoms with E-state index in [4.69, 9.17) is 9.47 Å². The van der Waals surface area contributed by atoms with Crippen molar-refractivity contribution in [2.75, 3.05) is 0 Å². The summed E-state index contributed by atoms with van der Waals surface area (Å²) in [5, 5.41) is 21.6. The molecule has 0 aliphatic carbocycles. The van der Waals surface area contributed by atoms with Crippen molar-refractivity contribution in [3.63, 3.8) is 0 Å². The van der Waals surface area contributed by atoms with Gasteiger partial charge in [-0.3, -0.25) is 20.2 Å². The van der Waals surface area contributed by atoms with Crippen LogP contribution >= 0.6 is 0 Å². The zero-order valence-corrected chi connectivity index (χ0v) is 9.81. The van der Waals surface area contributed by atoms with Crippen LogP contribution in [0.1, 0.15) is 0 Å². The van der Waals surface area contributed by atoms with Gasteiger partial charge in [-0.2, -0.15) is 0 Å². The number of fused-ring (bicyclic) bond motifs is 2. The van der Waals surface area contributed by atoms with Crippen molar-refractivity contribution in [1.82, 2.24) is 0 Å². The third-order valence-electron chi connectivity index (χ3n) is 2.72. The van der Waals surface area contributed by atoms with Gasteiger partial charge < -0.3 is 9.47 Å². The summed E-state index contributed by atoms with van der Waals surface area (Å²) in [6, 6.07) is 8.01. The van der Waals surface area contributed by atoms with E-state index in [-0.39, 0.29) is 34.4 Å². The first-order valence-corrected chi connectivity index (χ1v) is 5.48. The van der Waals surface area contributed by atoms with E-state index in [1.165, 1.54) is 36.4 Å². The summed E-state index contributed by atoms with van der Waals surface area (Å²) in [5.41, 5.74) is -0.382. The van der Waals surface area contributed by atoms with Gasteiger partial charge in [0, 0.05) is 12.1 Å². The number of nitro benzene ring substituents is 2. The van der Waals surface area contributed by atoms with Crippen molar-refractivity contribution in [2.24, 2.45) is 0 Å². The van der Waals surface area contributed by atoms with Gasteiger partial charge in [-0.15, -0.1) is 0 Å². The van der Waals surface area contributed by atoms with Crippen LogP contribution in [0.15, 0.2) is 36.4 Å². The van der Waals surface area contributed by atoms with Gasteiger partial charge in [-0.25, -0.2) is 0 Å². The average Bonchev–Trinajstić information content (AvgIpc) is 2.43. The van der Waals surface area contributed by atoms with Gasteiger partial charge in [0.2, 0.25) is 5.75 Å². The second-order valence-corrected chi connectivity index (χ2v) is 3.95. The highest BCUT2D eigenvalue weighted by Crippen LogP contribution is 2.49. The minimum absolute atomic E-state index is 0.0150. The van der Waals surface area contributed by atoms with Crippen molar-refractivity contribution in [3.8, 4) is 23.0 Å². The second-order valence-electron chi connectivity index (χ2n) is 3.95. The third-order valence-corrected chi connectivity index (χ3v) is 2.72. The first-order chi connectivity index (χ1) is 9.56. The fraction of sp³-hybridized carbons (Fsp3) is 0. The van der Waals surface area contributed by atoms with Crippen LogP contribution in [-0.2, 0) is 0 Å². The monoisotopic (exact) mass is 274 g/mol. The Morgan fingerprint density at radius 3 is 2.35 bits per heavy atom. The molecule has 0 amide bonds. The number of non-ortho nitro benzene ring substituents is 1. The quantitative estimate of drug-likeness (QED) is 0.523. The molecule has 0 aromatic heterocycles. The Morgan fingerprint density at radius 2 is 1.65 bits per heavy atom. The van der Waals surface area contributed by atoms with Gasteiger partial charge in [0.05, 0.1) is 15.9 Å². The molecule has 8 heteroatoms. The zero-order chi connectivity index (χ0) is 14.3. The van der Waals surface area contributed by atoms with Crippen molar-refractivity contribution in [3.05, 3.63) is 56.6 Å². The predicted molar refractivity (Wildman–Crippen MR) is 66.3 cm³/mol. The molecular formula is C12H6N2O6. The Kier molecular flexibility index (Phi) is 2.50. The largest absolute Gasteiger partial charge is 0.449 e. The number of hydrogen-bond donors (Lipinski definition) is 0. The summed E-state index contributed by atoms with van der Waals surface area (Å²) < 4.78 is 10.8. The molecule has 2 aromatic carbocycles. The maximum absolute atomic E-state index is 10.9. The van der Waals surface area contributed by atoms with E-state index in [0.717, 1.165) is 0 Å². The minimum Gasteiger partial charge on any atom is -0.449 e. The van der Waals surface area contributed by atoms with Crippen LogP contribution in [0.2, 0.25) is 0 Å². The van der Waals surface area contributed by atoms with Crippen molar-refractivity contribution < 1.29 is 19.3 Å². The highest BCUT2D eigenvalue weighted by atomic mass is 16.6. The van der Waals surface area contributed by atoms with Gasteiger partial charge in [0.25, 0.3) is 5.69 Å². The molecular weight excluding hydrogens is 268 g/mol. The van der Waals surface area contributed by atoms with Crippen molar-refractivity contribution in [1.29, 1.82) is 0 Å². The van der Waals surface area contributed by atoms with Crippen LogP contribution in [0.25, 0.3) is 0 Å². The van der Waals surface area contributed by atoms with E-state index in [9.17, 15) is 20.2 Å². The highest BCUT2D eigenvalue weighted by Gasteiger charge is 2.28. The van der Waals surface area contributed by atoms with Gasteiger partial charge in [-0.05, 0) is 12.1 Å². The molecule has 0 spiro atoms. The summed E-state index contributed by atoms with van der Waals surface area (Å²) in [6.45, 7) is 0. The van der Waals surface area contributed by atoms with Crippen molar-refractivity contribution in [2.45, 2.75) is 0 Å². The maximum Gasteiger partial charge on any atom is 0.315 e. The average molecular weight is 274 g/mol. The van der Waals surface area contributed by atoms with Crippen LogP contribution in [0.3, 0.4) is 0 Å². The van der Waals surface area contributed by atoms with Crippen LogP contribution in [0.4, 0.5) is 11.4 Å². The lowest BCUT2D eigenvalue weighted by Gasteiger charge is -2.19. The van der Waals surface area contributed by atoms with Gasteiger partial charge in [0.15, 0.2) is 17.2 Å². The molecule has 2 aromatic rings. The van der Waals surface area contributed by atoms with E-state index in [0.29, 0.717) is 0 Å². The highest BCUT2D eigenvalue weighted by molar-refractivity contribution is 5.64. The minimum atomic E-state index is -0.585. The Bertz CT molecular complexity index is 743. The SMILES string of the molecule is O=[N+]([O-])c1ccc2c(c1)Oc1cccc([N+](=O)[O-])c1O2. The molecule has 1 heterocycles. The molecule has 1 aliphatic heterocycles. The number of hydrogen-bond acceptors (Lipinski definition) is 6. The molecule has 3 rings (SSSR count). The summed E-state index contributed by atoms with van der Waals surface area (Å²) in [6.07, 6.45) is 0. The first kappa shape index (κ1) is 11.9. The molecule has 0 saturated carbocycles. The number of nitrogens with zero attached hydrogens (tertiary/aromatic N) is 2. The Balaban J connectivity index is 2.08. The maximum atomic E-state index is 10.9. The van der Waals surface area contributed by atoms with Gasteiger partial charge in [0.1, 0.15) is 0 Å². The van der Waals surface area contributed by atoms with E-state index in [1.807, 2.05) is 0 Å². The van der Waals surface area contributed by atoms with Gasteiger partial charge in [-0.1, -0.05) is 6.07 Å². The van der Waals surface area contributed by atoms with Crippen LogP contribution in [0.5, 0.6) is 23.0 Å². The molecule has 0 saturated heterocycles. The van der Waals surface area contributed by atoms with E-state index < -0.39 is 9.85 Å². The summed E-state index contributed by atoms with van der Waals surface area (Å²) >= 11 is 0. The summed E-state index contributed by atoms with van der Waals surface area (Å²) in [7, 11) is 0. The molecule has 0 N–H and O–H groups in total. The molecule has 0 fully saturated rings. The standard InChI is InChI=1S/C12H6N2O6/c15-13(16)7-4-5-9-11(6-7)19-10-3-1-2-8(14(17)18)12(10)20-9/h1-6H. The number of ether oxygens (including phenoxy) is 2. The number of para-hydroxylation sites is 1. The van der Waals surface area contributed by atoms with E-state index >= 15 is 0 Å². The fourth-order valence-electron chi connectivity index (χ4n) is 1.83. The van der Waals surface area contributed by atoms with Crippen LogP contribution < -0.4 is 9.47 Å². The van der Waals surface area contributed by atoms with E-state index in [1.54, 1.807) is 0 Å². The Hall–Kier alpha value is -3.16. The molecule has 0 bridgehead atoms. The molecule has 1 aliphatic rings. The Labute approximate surface area is 111 Å². The molecule has 0 unspecified atom stereocenters. The number of benzene rings is 2.